The van der Waals surface area contributed by atoms with Gasteiger partial charge in [0.05, 0.1) is 18.2 Å². The summed E-state index contributed by atoms with van der Waals surface area (Å²) in [5.41, 5.74) is 7.36. The number of halogens is 1. The average Bonchev–Trinajstić information content (AvgIpc) is 2.47. The number of nitrogens with two attached hydrogens (primary N) is 1. The Hall–Kier alpha value is -1.37. The molecule has 22 heavy (non-hydrogen) atoms. The number of amides is 1. The Morgan fingerprint density at radius 3 is 2.68 bits per heavy atom. The van der Waals surface area contributed by atoms with Gasteiger partial charge in [0.15, 0.2) is 0 Å². The van der Waals surface area contributed by atoms with Crippen LogP contribution >= 0.6 is 11.6 Å². The van der Waals surface area contributed by atoms with Crippen LogP contribution in [0, 0.1) is 0 Å². The molecule has 4 N–H and O–H groups in total. The Kier molecular flexibility index (Phi) is 7.58. The first-order valence-corrected chi connectivity index (χ1v) is 7.78. The van der Waals surface area contributed by atoms with Crippen LogP contribution < -0.4 is 11.1 Å². The first-order chi connectivity index (χ1) is 10.4. The van der Waals surface area contributed by atoms with Crippen molar-refractivity contribution in [2.45, 2.75) is 57.4 Å². The third-order valence-corrected chi connectivity index (χ3v) is 3.82. The molecule has 124 valence electrons. The SMILES string of the molecule is CCC(CC)O[C@@H]1C=C(C(=O)O)C[C@H](N)[C@H]1NC(=O)/C=C\Cl. The molecule has 0 saturated carbocycles. The van der Waals surface area contributed by atoms with E-state index >= 15 is 0 Å². The van der Waals surface area contributed by atoms with Crippen molar-refractivity contribution in [1.29, 1.82) is 0 Å². The molecule has 0 aromatic rings. The molecule has 0 bridgehead atoms. The van der Waals surface area contributed by atoms with Gasteiger partial charge >= 0.3 is 5.97 Å². The summed E-state index contributed by atoms with van der Waals surface area (Å²) in [7, 11) is 0. The van der Waals surface area contributed by atoms with E-state index in [9.17, 15) is 14.7 Å². The van der Waals surface area contributed by atoms with Crippen molar-refractivity contribution < 1.29 is 19.4 Å². The fourth-order valence-corrected chi connectivity index (χ4v) is 2.55. The van der Waals surface area contributed by atoms with Gasteiger partial charge in [-0.25, -0.2) is 4.79 Å². The van der Waals surface area contributed by atoms with Gasteiger partial charge in [-0.15, -0.1) is 0 Å². The van der Waals surface area contributed by atoms with Crippen LogP contribution in [0.15, 0.2) is 23.3 Å². The van der Waals surface area contributed by atoms with Gasteiger partial charge in [-0.05, 0) is 25.3 Å². The predicted molar refractivity (Wildman–Crippen MR) is 84.5 cm³/mol. The normalized spacial score (nSPS) is 25.3. The largest absolute Gasteiger partial charge is 0.478 e. The molecule has 1 rings (SSSR count). The van der Waals surface area contributed by atoms with E-state index in [2.05, 4.69) is 5.32 Å². The summed E-state index contributed by atoms with van der Waals surface area (Å²) in [5, 5.41) is 11.9. The van der Waals surface area contributed by atoms with Gasteiger partial charge in [0.1, 0.15) is 0 Å². The monoisotopic (exact) mass is 330 g/mol. The number of carbonyl (C=O) groups excluding carboxylic acids is 1. The van der Waals surface area contributed by atoms with Crippen molar-refractivity contribution in [2.75, 3.05) is 0 Å². The van der Waals surface area contributed by atoms with E-state index in [1.54, 1.807) is 6.08 Å². The zero-order chi connectivity index (χ0) is 16.7. The molecular weight excluding hydrogens is 308 g/mol. The Bertz CT molecular complexity index is 460. The lowest BCUT2D eigenvalue weighted by atomic mass is 9.88. The highest BCUT2D eigenvalue weighted by atomic mass is 35.5. The third kappa shape index (κ3) is 5.12. The Balaban J connectivity index is 2.98. The van der Waals surface area contributed by atoms with Crippen molar-refractivity contribution in [3.05, 3.63) is 23.3 Å². The molecule has 7 heteroatoms. The molecule has 0 aromatic carbocycles. The molecule has 1 aliphatic carbocycles. The molecule has 0 heterocycles. The van der Waals surface area contributed by atoms with E-state index in [4.69, 9.17) is 22.1 Å². The van der Waals surface area contributed by atoms with E-state index in [0.717, 1.165) is 18.4 Å². The van der Waals surface area contributed by atoms with Crippen molar-refractivity contribution in [1.82, 2.24) is 5.32 Å². The standard InChI is InChI=1S/C15H23ClN2O4/c1-3-10(4-2)22-12-8-9(15(20)21)7-11(17)14(12)18-13(19)5-6-16/h5-6,8,10-12,14H,3-4,7,17H2,1-2H3,(H,18,19)(H,20,21)/b6-5-/t11-,12+,14+/m0/s1. The van der Waals surface area contributed by atoms with Crippen molar-refractivity contribution in [2.24, 2.45) is 5.73 Å². The van der Waals surface area contributed by atoms with Gasteiger partial charge in [-0.1, -0.05) is 25.4 Å². The highest BCUT2D eigenvalue weighted by Gasteiger charge is 2.35. The number of carbonyl (C=O) groups is 2. The number of ether oxygens (including phenoxy) is 1. The summed E-state index contributed by atoms with van der Waals surface area (Å²) in [6.07, 6.45) is 3.88. The molecule has 0 aliphatic heterocycles. The fourth-order valence-electron chi connectivity index (χ4n) is 2.44. The minimum atomic E-state index is -1.01. The number of nitrogens with one attached hydrogen (secondary N) is 1. The Morgan fingerprint density at radius 2 is 2.18 bits per heavy atom. The van der Waals surface area contributed by atoms with Crippen LogP contribution in [0.5, 0.6) is 0 Å². The minimum Gasteiger partial charge on any atom is -0.478 e. The zero-order valence-electron chi connectivity index (χ0n) is 12.8. The smallest absolute Gasteiger partial charge is 0.331 e. The topological polar surface area (TPSA) is 102 Å². The predicted octanol–water partition coefficient (Wildman–Crippen LogP) is 1.54. The summed E-state index contributed by atoms with van der Waals surface area (Å²) in [6.45, 7) is 3.98. The van der Waals surface area contributed by atoms with Crippen LogP contribution in [-0.2, 0) is 14.3 Å². The van der Waals surface area contributed by atoms with Crippen LogP contribution in [-0.4, -0.2) is 41.3 Å². The zero-order valence-corrected chi connectivity index (χ0v) is 13.5. The van der Waals surface area contributed by atoms with E-state index in [-0.39, 0.29) is 24.0 Å². The summed E-state index contributed by atoms with van der Waals surface area (Å²) < 4.78 is 5.94. The highest BCUT2D eigenvalue weighted by molar-refractivity contribution is 6.26. The number of carboxylic acids is 1. The van der Waals surface area contributed by atoms with Crippen LogP contribution in [0.2, 0.25) is 0 Å². The molecule has 1 amide bonds. The van der Waals surface area contributed by atoms with Gasteiger partial charge in [0, 0.05) is 23.2 Å². The summed E-state index contributed by atoms with van der Waals surface area (Å²) in [5.74, 6) is -1.40. The lowest BCUT2D eigenvalue weighted by Gasteiger charge is -2.36. The number of rotatable bonds is 7. The van der Waals surface area contributed by atoms with Gasteiger partial charge in [0.2, 0.25) is 5.91 Å². The maximum Gasteiger partial charge on any atom is 0.331 e. The lowest BCUT2D eigenvalue weighted by molar-refractivity contribution is -0.133. The van der Waals surface area contributed by atoms with Crippen molar-refractivity contribution in [3.63, 3.8) is 0 Å². The first kappa shape index (κ1) is 18.7. The van der Waals surface area contributed by atoms with Crippen molar-refractivity contribution >= 4 is 23.5 Å². The number of aliphatic carboxylic acids is 1. The third-order valence-electron chi connectivity index (χ3n) is 3.69. The second-order valence-electron chi connectivity index (χ2n) is 5.23. The fraction of sp³-hybridized carbons (Fsp3) is 0.600. The number of carboxylic acid groups (broad SMARTS) is 1. The molecule has 1 aliphatic rings. The maximum atomic E-state index is 11.7. The van der Waals surface area contributed by atoms with E-state index < -0.39 is 24.2 Å². The number of hydrogen-bond donors (Lipinski definition) is 3. The van der Waals surface area contributed by atoms with Gasteiger partial charge in [0.25, 0.3) is 0 Å². The molecule has 3 atom stereocenters. The highest BCUT2D eigenvalue weighted by Crippen LogP contribution is 2.23. The van der Waals surface area contributed by atoms with Crippen LogP contribution in [0.1, 0.15) is 33.1 Å². The first-order valence-electron chi connectivity index (χ1n) is 7.35. The molecule has 0 unspecified atom stereocenters. The Morgan fingerprint density at radius 1 is 1.55 bits per heavy atom. The van der Waals surface area contributed by atoms with Gasteiger partial charge in [-0.3, -0.25) is 4.79 Å². The lowest BCUT2D eigenvalue weighted by Crippen LogP contribution is -2.57. The maximum absolute atomic E-state index is 11.7. The van der Waals surface area contributed by atoms with Gasteiger partial charge < -0.3 is 20.9 Å². The summed E-state index contributed by atoms with van der Waals surface area (Å²) in [4.78, 5) is 22.9. The second kappa shape index (κ2) is 8.92. The van der Waals surface area contributed by atoms with Crippen LogP contribution in [0.3, 0.4) is 0 Å². The van der Waals surface area contributed by atoms with Crippen molar-refractivity contribution in [3.8, 4) is 0 Å². The van der Waals surface area contributed by atoms with E-state index in [1.165, 1.54) is 6.08 Å². The molecule has 0 saturated heterocycles. The van der Waals surface area contributed by atoms with E-state index in [1.807, 2.05) is 13.8 Å². The van der Waals surface area contributed by atoms with Crippen LogP contribution in [0.25, 0.3) is 0 Å². The molecule has 0 radical (unpaired) electrons. The number of hydrogen-bond acceptors (Lipinski definition) is 4. The quantitative estimate of drug-likeness (QED) is 0.615. The minimum absolute atomic E-state index is 0.0235. The average molecular weight is 331 g/mol. The molecule has 0 spiro atoms. The molecule has 0 aromatic heterocycles. The molecule has 0 fully saturated rings. The van der Waals surface area contributed by atoms with E-state index in [0.29, 0.717) is 0 Å². The second-order valence-corrected chi connectivity index (χ2v) is 5.48. The van der Waals surface area contributed by atoms with Crippen LogP contribution in [0.4, 0.5) is 0 Å². The molecular formula is C15H23ClN2O4. The Labute approximate surface area is 135 Å². The summed E-state index contributed by atoms with van der Waals surface area (Å²) >= 11 is 5.39. The summed E-state index contributed by atoms with van der Waals surface area (Å²) in [6, 6.07) is -1.03. The van der Waals surface area contributed by atoms with Gasteiger partial charge in [-0.2, -0.15) is 0 Å². The molecule has 6 nitrogen and oxygen atoms in total.